The van der Waals surface area contributed by atoms with Crippen LogP contribution in [0.5, 0.6) is 0 Å². The molecule has 6 nitrogen and oxygen atoms in total. The summed E-state index contributed by atoms with van der Waals surface area (Å²) < 4.78 is 18.0. The first kappa shape index (κ1) is 21.1. The van der Waals surface area contributed by atoms with Crippen molar-refractivity contribution in [1.29, 1.82) is 0 Å². The summed E-state index contributed by atoms with van der Waals surface area (Å²) in [7, 11) is 0. The van der Waals surface area contributed by atoms with Crippen LogP contribution in [0.15, 0.2) is 88.9 Å². The number of thioether (sulfide) groups is 1. The molecule has 0 radical (unpaired) electrons. The van der Waals surface area contributed by atoms with Crippen molar-refractivity contribution < 1.29 is 4.39 Å². The van der Waals surface area contributed by atoms with Crippen LogP contribution in [0.4, 0.5) is 4.39 Å². The van der Waals surface area contributed by atoms with E-state index in [0.717, 1.165) is 11.1 Å². The zero-order chi connectivity index (χ0) is 22.8. The summed E-state index contributed by atoms with van der Waals surface area (Å²) in [5.41, 5.74) is 3.60. The van der Waals surface area contributed by atoms with Crippen LogP contribution in [0.3, 0.4) is 0 Å². The molecule has 0 aliphatic heterocycles. The number of fused-ring (bicyclic) bond motifs is 1. The van der Waals surface area contributed by atoms with Crippen molar-refractivity contribution in [1.82, 2.24) is 24.1 Å². The molecule has 5 rings (SSSR count). The summed E-state index contributed by atoms with van der Waals surface area (Å²) in [6.07, 6.45) is 1.73. The molecule has 0 fully saturated rings. The molecule has 0 aliphatic carbocycles. The van der Waals surface area contributed by atoms with Crippen molar-refractivity contribution in [3.8, 4) is 11.4 Å². The molecule has 164 valence electrons. The second kappa shape index (κ2) is 8.99. The van der Waals surface area contributed by atoms with Gasteiger partial charge in [-0.1, -0.05) is 54.2 Å². The van der Waals surface area contributed by atoms with Gasteiger partial charge in [0.1, 0.15) is 11.5 Å². The van der Waals surface area contributed by atoms with Gasteiger partial charge in [0.2, 0.25) is 0 Å². The average molecular weight is 458 g/mol. The summed E-state index contributed by atoms with van der Waals surface area (Å²) in [6.45, 7) is 2.46. The number of benzene rings is 2. The minimum atomic E-state index is -0.352. The van der Waals surface area contributed by atoms with Gasteiger partial charge in [-0.3, -0.25) is 13.8 Å². The lowest BCUT2D eigenvalue weighted by atomic mass is 10.2. The Morgan fingerprint density at radius 1 is 0.970 bits per heavy atom. The molecule has 3 heterocycles. The Bertz CT molecular complexity index is 1500. The minimum Gasteiger partial charge on any atom is -0.297 e. The van der Waals surface area contributed by atoms with Gasteiger partial charge in [0.05, 0.1) is 17.8 Å². The lowest BCUT2D eigenvalue weighted by Gasteiger charge is -2.11. The molecular formula is C25H20FN5OS. The molecule has 33 heavy (non-hydrogen) atoms. The van der Waals surface area contributed by atoms with E-state index in [9.17, 15) is 9.18 Å². The van der Waals surface area contributed by atoms with Crippen molar-refractivity contribution >= 4 is 17.4 Å². The van der Waals surface area contributed by atoms with E-state index in [-0.39, 0.29) is 11.4 Å². The molecule has 0 N–H and O–H groups in total. The zero-order valence-electron chi connectivity index (χ0n) is 17.9. The number of hydrogen-bond donors (Lipinski definition) is 0. The third kappa shape index (κ3) is 4.42. The maximum absolute atomic E-state index is 14.5. The number of nitrogens with zero attached hydrogens (tertiary/aromatic N) is 5. The van der Waals surface area contributed by atoms with Crippen LogP contribution >= 0.6 is 11.8 Å². The quantitative estimate of drug-likeness (QED) is 0.345. The SMILES string of the molecule is Cc1ccn2c(=O)cc(CSc3nnc(-c4ccccc4F)n3Cc3ccccc3)nc2c1. The first-order valence-corrected chi connectivity index (χ1v) is 11.4. The number of hydrogen-bond acceptors (Lipinski definition) is 5. The van der Waals surface area contributed by atoms with Crippen molar-refractivity contribution in [3.05, 3.63) is 112 Å². The maximum atomic E-state index is 14.5. The van der Waals surface area contributed by atoms with E-state index in [1.807, 2.05) is 54.0 Å². The number of aryl methyl sites for hydroxylation is 1. The van der Waals surface area contributed by atoms with Crippen molar-refractivity contribution in [2.45, 2.75) is 24.4 Å². The lowest BCUT2D eigenvalue weighted by Crippen LogP contribution is -2.15. The largest absolute Gasteiger partial charge is 0.297 e. The van der Waals surface area contributed by atoms with Gasteiger partial charge in [0, 0.05) is 18.0 Å². The molecule has 0 unspecified atom stereocenters. The summed E-state index contributed by atoms with van der Waals surface area (Å²) in [6, 6.07) is 21.7. The molecule has 0 saturated carbocycles. The van der Waals surface area contributed by atoms with Gasteiger partial charge in [0.15, 0.2) is 11.0 Å². The topological polar surface area (TPSA) is 65.1 Å². The molecule has 0 saturated heterocycles. The number of aromatic nitrogens is 5. The summed E-state index contributed by atoms with van der Waals surface area (Å²) in [4.78, 5) is 17.1. The van der Waals surface area contributed by atoms with Gasteiger partial charge < -0.3 is 0 Å². The van der Waals surface area contributed by atoms with Gasteiger partial charge in [-0.2, -0.15) is 0 Å². The van der Waals surface area contributed by atoms with Crippen molar-refractivity contribution in [3.63, 3.8) is 0 Å². The van der Waals surface area contributed by atoms with Gasteiger partial charge in [-0.15, -0.1) is 10.2 Å². The Morgan fingerprint density at radius 3 is 2.58 bits per heavy atom. The molecule has 2 aromatic carbocycles. The van der Waals surface area contributed by atoms with E-state index in [4.69, 9.17) is 0 Å². The molecule has 0 atom stereocenters. The Labute approximate surface area is 193 Å². The third-order valence-electron chi connectivity index (χ3n) is 5.24. The van der Waals surface area contributed by atoms with Crippen LogP contribution in [0.1, 0.15) is 16.8 Å². The highest BCUT2D eigenvalue weighted by molar-refractivity contribution is 7.98. The Balaban J connectivity index is 1.50. The van der Waals surface area contributed by atoms with E-state index in [1.165, 1.54) is 28.3 Å². The highest BCUT2D eigenvalue weighted by atomic mass is 32.2. The van der Waals surface area contributed by atoms with Gasteiger partial charge in [0.25, 0.3) is 5.56 Å². The van der Waals surface area contributed by atoms with Crippen LogP contribution < -0.4 is 5.56 Å². The van der Waals surface area contributed by atoms with Gasteiger partial charge in [-0.05, 0) is 42.3 Å². The fraction of sp³-hybridized carbons (Fsp3) is 0.120. The predicted molar refractivity (Wildman–Crippen MR) is 127 cm³/mol. The predicted octanol–water partition coefficient (Wildman–Crippen LogP) is 4.74. The Morgan fingerprint density at radius 2 is 1.76 bits per heavy atom. The molecule has 0 aliphatic rings. The van der Waals surface area contributed by atoms with Crippen LogP contribution in [0.25, 0.3) is 17.0 Å². The molecule has 0 bridgehead atoms. The second-order valence-electron chi connectivity index (χ2n) is 7.66. The third-order valence-corrected chi connectivity index (χ3v) is 6.24. The highest BCUT2D eigenvalue weighted by Gasteiger charge is 2.18. The van der Waals surface area contributed by atoms with Crippen molar-refractivity contribution in [2.75, 3.05) is 0 Å². The Kier molecular flexibility index (Phi) is 5.75. The first-order valence-electron chi connectivity index (χ1n) is 10.4. The van der Waals surface area contributed by atoms with Gasteiger partial charge >= 0.3 is 0 Å². The van der Waals surface area contributed by atoms with Gasteiger partial charge in [-0.25, -0.2) is 9.37 Å². The van der Waals surface area contributed by atoms with Crippen LogP contribution in [-0.4, -0.2) is 24.1 Å². The number of halogens is 1. The molecule has 3 aromatic heterocycles. The number of rotatable bonds is 6. The normalized spacial score (nSPS) is 11.2. The minimum absolute atomic E-state index is 0.131. The first-order chi connectivity index (χ1) is 16.1. The molecule has 5 aromatic rings. The van der Waals surface area contributed by atoms with Crippen LogP contribution in [0.2, 0.25) is 0 Å². The summed E-state index contributed by atoms with van der Waals surface area (Å²) in [5.74, 6) is 0.543. The van der Waals surface area contributed by atoms with Crippen LogP contribution in [0, 0.1) is 12.7 Å². The fourth-order valence-corrected chi connectivity index (χ4v) is 4.44. The van der Waals surface area contributed by atoms with Crippen molar-refractivity contribution in [2.24, 2.45) is 0 Å². The van der Waals surface area contributed by atoms with E-state index < -0.39 is 0 Å². The molecule has 0 amide bonds. The summed E-state index contributed by atoms with van der Waals surface area (Å²) >= 11 is 1.42. The van der Waals surface area contributed by atoms with E-state index in [1.54, 1.807) is 24.4 Å². The monoisotopic (exact) mass is 457 g/mol. The average Bonchev–Trinajstić information content (AvgIpc) is 3.20. The molecule has 0 spiro atoms. The second-order valence-corrected chi connectivity index (χ2v) is 8.61. The lowest BCUT2D eigenvalue weighted by molar-refractivity contribution is 0.626. The number of pyridine rings is 1. The van der Waals surface area contributed by atoms with E-state index >= 15 is 0 Å². The molecule has 8 heteroatoms. The van der Waals surface area contributed by atoms with Crippen LogP contribution in [-0.2, 0) is 12.3 Å². The van der Waals surface area contributed by atoms with E-state index in [2.05, 4.69) is 15.2 Å². The smallest absolute Gasteiger partial charge is 0.258 e. The fourth-order valence-electron chi connectivity index (χ4n) is 3.61. The van der Waals surface area contributed by atoms with E-state index in [0.29, 0.717) is 40.2 Å². The summed E-state index contributed by atoms with van der Waals surface area (Å²) in [5, 5.41) is 9.27. The Hall–Kier alpha value is -3.78. The molecular weight excluding hydrogens is 437 g/mol. The standard InChI is InChI=1S/C25H20FN5OS/c1-17-11-12-30-22(13-17)27-19(14-23(30)32)16-33-25-29-28-24(20-9-5-6-10-21(20)26)31(25)15-18-7-3-2-4-8-18/h2-14H,15-16H2,1H3. The highest BCUT2D eigenvalue weighted by Crippen LogP contribution is 2.28. The maximum Gasteiger partial charge on any atom is 0.258 e. The zero-order valence-corrected chi connectivity index (χ0v) is 18.7.